The molecule has 56 valence electrons. The number of hydrogen-bond donors (Lipinski definition) is 0. The van der Waals surface area contributed by atoms with E-state index in [-0.39, 0.29) is 0 Å². The first-order chi connectivity index (χ1) is 4.56. The van der Waals surface area contributed by atoms with Crippen molar-refractivity contribution < 1.29 is 4.43 Å². The first-order valence-electron chi connectivity index (χ1n) is 4.20. The Morgan fingerprint density at radius 1 is 1.20 bits per heavy atom. The second kappa shape index (κ2) is 5.43. The zero-order valence-corrected chi connectivity index (χ0v) is 8.74. The van der Waals surface area contributed by atoms with Gasteiger partial charge in [-0.15, -0.1) is 0 Å². The fraction of sp³-hybridized carbons (Fsp3) is 1.00. The van der Waals surface area contributed by atoms with Crippen LogP contribution in [0, 0.1) is 0 Å². The third-order valence-electron chi connectivity index (χ3n) is 1.28. The van der Waals surface area contributed by atoms with Crippen LogP contribution >= 0.6 is 0 Å². The van der Waals surface area contributed by atoms with Crippen LogP contribution in [0.2, 0.25) is 24.7 Å². The van der Waals surface area contributed by atoms with Crippen LogP contribution in [-0.2, 0) is 4.43 Å². The summed E-state index contributed by atoms with van der Waals surface area (Å²) in [5.41, 5.74) is 0. The van der Waals surface area contributed by atoms with Crippen LogP contribution in [0.1, 0.15) is 12.8 Å². The minimum atomic E-state index is -1.21. The van der Waals surface area contributed by atoms with Crippen LogP contribution in [0.4, 0.5) is 0 Å². The molecule has 0 atom stereocenters. The third-order valence-corrected chi connectivity index (χ3v) is 2.35. The SMILES string of the molecule is [Li][CH2]CCCO[Si](C)(C)C. The molecule has 0 saturated carbocycles. The zero-order valence-electron chi connectivity index (χ0n) is 7.74. The Morgan fingerprint density at radius 3 is 2.20 bits per heavy atom. The van der Waals surface area contributed by atoms with Gasteiger partial charge in [-0.2, -0.15) is 0 Å². The molecular weight excluding hydrogens is 135 g/mol. The van der Waals surface area contributed by atoms with Gasteiger partial charge < -0.3 is 0 Å². The van der Waals surface area contributed by atoms with E-state index in [9.17, 15) is 0 Å². The van der Waals surface area contributed by atoms with Crippen molar-refractivity contribution in [2.45, 2.75) is 37.6 Å². The predicted molar refractivity (Wildman–Crippen MR) is 49.1 cm³/mol. The summed E-state index contributed by atoms with van der Waals surface area (Å²) in [5, 5.41) is 1.29. The van der Waals surface area contributed by atoms with Gasteiger partial charge in [-0.3, -0.25) is 0 Å². The van der Waals surface area contributed by atoms with Crippen molar-refractivity contribution in [3.05, 3.63) is 0 Å². The molecule has 0 amide bonds. The van der Waals surface area contributed by atoms with Gasteiger partial charge in [-0.25, -0.2) is 0 Å². The maximum absolute atomic E-state index is 5.67. The average Bonchev–Trinajstić information content (AvgIpc) is 1.78. The molecule has 0 aliphatic heterocycles. The second-order valence-corrected chi connectivity index (χ2v) is 8.18. The standard InChI is InChI=1S/C7H17OSi.Li/c1-5-6-7-8-9(2,3)4;/h1,5-7H2,2-4H3;. The van der Waals surface area contributed by atoms with Crippen LogP contribution in [0.15, 0.2) is 0 Å². The summed E-state index contributed by atoms with van der Waals surface area (Å²) >= 11 is 2.22. The van der Waals surface area contributed by atoms with Crippen LogP contribution in [0.25, 0.3) is 0 Å². The van der Waals surface area contributed by atoms with E-state index in [1.54, 1.807) is 0 Å². The molecule has 0 radical (unpaired) electrons. The molecule has 0 fully saturated rings. The van der Waals surface area contributed by atoms with E-state index >= 15 is 0 Å². The number of rotatable bonds is 5. The Labute approximate surface area is 74.9 Å². The third kappa shape index (κ3) is 8.77. The minimum absolute atomic E-state index is 0.976. The molecule has 0 heterocycles. The van der Waals surface area contributed by atoms with Gasteiger partial charge in [-0.1, -0.05) is 0 Å². The van der Waals surface area contributed by atoms with Crippen molar-refractivity contribution in [2.24, 2.45) is 0 Å². The summed E-state index contributed by atoms with van der Waals surface area (Å²) in [7, 11) is -1.21. The van der Waals surface area contributed by atoms with E-state index in [1.807, 2.05) is 0 Å². The summed E-state index contributed by atoms with van der Waals surface area (Å²) < 4.78 is 5.67. The molecule has 0 rings (SSSR count). The molecule has 0 aromatic heterocycles. The predicted octanol–water partition coefficient (Wildman–Crippen LogP) is 2.20. The molecule has 1 nitrogen and oxygen atoms in total. The quantitative estimate of drug-likeness (QED) is 0.433. The fourth-order valence-electron chi connectivity index (χ4n) is 0.730. The number of hydrogen-bond acceptors (Lipinski definition) is 1. The summed E-state index contributed by atoms with van der Waals surface area (Å²) in [5.74, 6) is 0. The first kappa shape index (κ1) is 10.8. The Morgan fingerprint density at radius 2 is 1.80 bits per heavy atom. The Bertz CT molecular complexity index is 80.2. The second-order valence-electron chi connectivity index (χ2n) is 3.67. The number of unbranched alkanes of at least 4 members (excludes halogenated alkanes) is 1. The van der Waals surface area contributed by atoms with Gasteiger partial charge >= 0.3 is 74.6 Å². The molecule has 0 bridgehead atoms. The van der Waals surface area contributed by atoms with Crippen LogP contribution in [-0.4, -0.2) is 32.6 Å². The molecule has 0 aliphatic rings. The average molecular weight is 152 g/mol. The molecule has 10 heavy (non-hydrogen) atoms. The van der Waals surface area contributed by atoms with E-state index in [0.717, 1.165) is 6.61 Å². The Hall–Kier alpha value is 0.774. The van der Waals surface area contributed by atoms with Gasteiger partial charge in [0.05, 0.1) is 0 Å². The molecule has 0 spiro atoms. The van der Waals surface area contributed by atoms with Crippen LogP contribution in [0.3, 0.4) is 0 Å². The van der Waals surface area contributed by atoms with Crippen molar-refractivity contribution in [3.8, 4) is 0 Å². The summed E-state index contributed by atoms with van der Waals surface area (Å²) in [6, 6.07) is 0. The Kier molecular flexibility index (Phi) is 5.85. The summed E-state index contributed by atoms with van der Waals surface area (Å²) in [4.78, 5) is 0. The van der Waals surface area contributed by atoms with Gasteiger partial charge in [0.25, 0.3) is 0 Å². The van der Waals surface area contributed by atoms with Crippen molar-refractivity contribution >= 4 is 26.0 Å². The maximum atomic E-state index is 5.67. The molecule has 0 aromatic rings. The van der Waals surface area contributed by atoms with E-state index in [2.05, 4.69) is 37.4 Å². The fourth-order valence-corrected chi connectivity index (χ4v) is 1.49. The van der Waals surface area contributed by atoms with E-state index < -0.39 is 8.32 Å². The molecule has 0 unspecified atom stereocenters. The monoisotopic (exact) mass is 152 g/mol. The Balaban J connectivity index is 3.04. The molecular formula is C7H17LiOSi. The van der Waals surface area contributed by atoms with Gasteiger partial charge in [0, 0.05) is 0 Å². The first-order valence-corrected chi connectivity index (χ1v) is 7.61. The van der Waals surface area contributed by atoms with Crippen molar-refractivity contribution in [3.63, 3.8) is 0 Å². The van der Waals surface area contributed by atoms with Gasteiger partial charge in [-0.05, 0) is 0 Å². The van der Waals surface area contributed by atoms with Crippen molar-refractivity contribution in [1.29, 1.82) is 0 Å². The van der Waals surface area contributed by atoms with Crippen LogP contribution < -0.4 is 0 Å². The topological polar surface area (TPSA) is 9.23 Å². The molecule has 3 heteroatoms. The van der Waals surface area contributed by atoms with Crippen LogP contribution in [0.5, 0.6) is 0 Å². The van der Waals surface area contributed by atoms with E-state index in [4.69, 9.17) is 4.43 Å². The summed E-state index contributed by atoms with van der Waals surface area (Å²) in [6.07, 6.45) is 2.55. The molecule has 0 saturated heterocycles. The van der Waals surface area contributed by atoms with Gasteiger partial charge in [0.15, 0.2) is 0 Å². The van der Waals surface area contributed by atoms with Crippen molar-refractivity contribution in [2.75, 3.05) is 6.61 Å². The van der Waals surface area contributed by atoms with Gasteiger partial charge in [0.1, 0.15) is 0 Å². The molecule has 0 N–H and O–H groups in total. The summed E-state index contributed by atoms with van der Waals surface area (Å²) in [6.45, 7) is 7.68. The van der Waals surface area contributed by atoms with Crippen molar-refractivity contribution in [1.82, 2.24) is 0 Å². The van der Waals surface area contributed by atoms with Gasteiger partial charge in [0.2, 0.25) is 0 Å². The van der Waals surface area contributed by atoms with E-state index in [1.165, 1.54) is 17.9 Å². The van der Waals surface area contributed by atoms with E-state index in [0.29, 0.717) is 0 Å². The molecule has 0 aliphatic carbocycles. The normalized spacial score (nSPS) is 12.1. The zero-order chi connectivity index (χ0) is 8.04. The molecule has 0 aromatic carbocycles.